The average molecular weight is 586 g/mol. The second-order valence-corrected chi connectivity index (χ2v) is 13.2. The molecule has 1 unspecified atom stereocenters. The molecule has 228 valence electrons. The minimum atomic E-state index is -0.832. The molecule has 0 bridgehead atoms. The van der Waals surface area contributed by atoms with Crippen LogP contribution in [0.1, 0.15) is 92.4 Å². The van der Waals surface area contributed by atoms with Crippen LogP contribution in [-0.4, -0.2) is 49.9 Å². The summed E-state index contributed by atoms with van der Waals surface area (Å²) in [6, 6.07) is 10.5. The van der Waals surface area contributed by atoms with Gasteiger partial charge in [0, 0.05) is 50.3 Å². The zero-order valence-corrected chi connectivity index (χ0v) is 25.4. The molecule has 2 atom stereocenters. The third-order valence-electron chi connectivity index (χ3n) is 10.1. The highest BCUT2D eigenvalue weighted by Crippen LogP contribution is 2.46. The Bertz CT molecular complexity index is 1490. The van der Waals surface area contributed by atoms with Gasteiger partial charge in [-0.1, -0.05) is 38.3 Å². The van der Waals surface area contributed by atoms with Crippen molar-refractivity contribution in [3.8, 4) is 0 Å². The van der Waals surface area contributed by atoms with Crippen molar-refractivity contribution < 1.29 is 14.4 Å². The average Bonchev–Trinajstić information content (AvgIpc) is 3.31. The molecule has 1 aromatic carbocycles. The molecule has 2 heterocycles. The van der Waals surface area contributed by atoms with Crippen molar-refractivity contribution in [2.24, 2.45) is 25.4 Å². The zero-order valence-electron chi connectivity index (χ0n) is 25.4. The van der Waals surface area contributed by atoms with Gasteiger partial charge in [0.15, 0.2) is 0 Å². The van der Waals surface area contributed by atoms with Crippen molar-refractivity contribution in [3.63, 3.8) is 0 Å². The fraction of sp³-hybridized carbons (Fsp3) is 0.545. The molecule has 3 saturated carbocycles. The van der Waals surface area contributed by atoms with Gasteiger partial charge in [-0.05, 0) is 79.7 Å². The molecule has 3 aliphatic carbocycles. The van der Waals surface area contributed by atoms with E-state index in [1.807, 2.05) is 37.4 Å². The van der Waals surface area contributed by atoms with E-state index in [-0.39, 0.29) is 35.0 Å². The first-order chi connectivity index (χ1) is 20.7. The SMILES string of the molecule is Cn1nccc1C(=O)N[C@H](C(=O)Nc1cccc(C2(C(=O)NCC3(C)CCC3)CCCC2)c1)C(c1ccnn1C)C1CC1. The summed E-state index contributed by atoms with van der Waals surface area (Å²) >= 11 is 0. The minimum absolute atomic E-state index is 0.0907. The Kier molecular flexibility index (Phi) is 7.87. The van der Waals surface area contributed by atoms with Crippen molar-refractivity contribution in [1.29, 1.82) is 0 Å². The highest BCUT2D eigenvalue weighted by molar-refractivity contribution is 6.01. The van der Waals surface area contributed by atoms with Gasteiger partial charge in [-0.3, -0.25) is 23.7 Å². The molecule has 3 fully saturated rings. The topological polar surface area (TPSA) is 123 Å². The molecule has 0 radical (unpaired) electrons. The molecule has 0 spiro atoms. The zero-order chi connectivity index (χ0) is 30.2. The van der Waals surface area contributed by atoms with Crippen molar-refractivity contribution in [2.45, 2.75) is 82.1 Å². The molecule has 0 aliphatic heterocycles. The van der Waals surface area contributed by atoms with E-state index in [9.17, 15) is 14.4 Å². The monoisotopic (exact) mass is 585 g/mol. The molecule has 43 heavy (non-hydrogen) atoms. The van der Waals surface area contributed by atoms with Crippen LogP contribution in [0.5, 0.6) is 0 Å². The van der Waals surface area contributed by atoms with Gasteiger partial charge in [0.2, 0.25) is 11.8 Å². The molecule has 10 heteroatoms. The fourth-order valence-electron chi connectivity index (χ4n) is 7.14. The Morgan fingerprint density at radius 3 is 2.28 bits per heavy atom. The number of rotatable bonds is 11. The van der Waals surface area contributed by atoms with E-state index < -0.39 is 11.5 Å². The lowest BCUT2D eigenvalue weighted by Gasteiger charge is -2.39. The Balaban J connectivity index is 1.26. The number of carbonyl (C=O) groups is 3. The van der Waals surface area contributed by atoms with Gasteiger partial charge in [-0.25, -0.2) is 0 Å². The van der Waals surface area contributed by atoms with E-state index >= 15 is 0 Å². The highest BCUT2D eigenvalue weighted by atomic mass is 16.2. The summed E-state index contributed by atoms with van der Waals surface area (Å²) < 4.78 is 3.29. The Morgan fingerprint density at radius 2 is 1.67 bits per heavy atom. The molecule has 3 amide bonds. The van der Waals surface area contributed by atoms with Gasteiger partial charge >= 0.3 is 0 Å². The maximum Gasteiger partial charge on any atom is 0.270 e. The third-order valence-corrected chi connectivity index (χ3v) is 10.1. The van der Waals surface area contributed by atoms with Crippen LogP contribution < -0.4 is 16.0 Å². The van der Waals surface area contributed by atoms with E-state index in [0.717, 1.165) is 62.6 Å². The molecular weight excluding hydrogens is 542 g/mol. The van der Waals surface area contributed by atoms with Gasteiger partial charge < -0.3 is 16.0 Å². The largest absolute Gasteiger partial charge is 0.355 e. The number of hydrogen-bond acceptors (Lipinski definition) is 5. The first-order valence-corrected chi connectivity index (χ1v) is 15.7. The van der Waals surface area contributed by atoms with Crippen LogP contribution >= 0.6 is 0 Å². The van der Waals surface area contributed by atoms with E-state index in [1.54, 1.807) is 30.2 Å². The normalized spacial score (nSPS) is 20.1. The van der Waals surface area contributed by atoms with Crippen LogP contribution in [0.4, 0.5) is 5.69 Å². The first kappa shape index (κ1) is 29.1. The summed E-state index contributed by atoms with van der Waals surface area (Å²) in [5, 5.41) is 17.9. The number of benzene rings is 1. The molecule has 6 rings (SSSR count). The van der Waals surface area contributed by atoms with Crippen LogP contribution in [0.25, 0.3) is 0 Å². The second kappa shape index (κ2) is 11.6. The van der Waals surface area contributed by atoms with Gasteiger partial charge in [0.25, 0.3) is 5.91 Å². The molecular formula is C33H43N7O3. The lowest BCUT2D eigenvalue weighted by atomic mass is 9.70. The van der Waals surface area contributed by atoms with Crippen LogP contribution in [-0.2, 0) is 29.1 Å². The van der Waals surface area contributed by atoms with E-state index in [1.165, 1.54) is 11.1 Å². The number of nitrogens with zero attached hydrogens (tertiary/aromatic N) is 4. The van der Waals surface area contributed by atoms with Gasteiger partial charge in [0.05, 0.1) is 5.41 Å². The Labute approximate surface area is 253 Å². The first-order valence-electron chi connectivity index (χ1n) is 15.7. The molecule has 3 N–H and O–H groups in total. The number of aryl methyl sites for hydroxylation is 2. The highest BCUT2D eigenvalue weighted by Gasteiger charge is 2.45. The molecule has 3 aromatic rings. The van der Waals surface area contributed by atoms with E-state index in [0.29, 0.717) is 17.9 Å². The smallest absolute Gasteiger partial charge is 0.270 e. The predicted octanol–water partition coefficient (Wildman–Crippen LogP) is 4.20. The van der Waals surface area contributed by atoms with E-state index in [2.05, 4.69) is 33.1 Å². The summed E-state index contributed by atoms with van der Waals surface area (Å²) in [4.78, 5) is 41.2. The van der Waals surface area contributed by atoms with Crippen LogP contribution in [0.3, 0.4) is 0 Å². The number of hydrogen-bond donors (Lipinski definition) is 3. The van der Waals surface area contributed by atoms with Gasteiger partial charge in [-0.2, -0.15) is 10.2 Å². The number of carbonyl (C=O) groups excluding carboxylic acids is 3. The van der Waals surface area contributed by atoms with Crippen molar-refractivity contribution in [2.75, 3.05) is 11.9 Å². The van der Waals surface area contributed by atoms with Crippen LogP contribution in [0.15, 0.2) is 48.8 Å². The minimum Gasteiger partial charge on any atom is -0.355 e. The van der Waals surface area contributed by atoms with Crippen LogP contribution in [0, 0.1) is 11.3 Å². The standard InChI is InChI=1S/C33H43N7O3/c1-32(14-7-15-32)21-34-31(43)33(16-4-5-17-33)23-8-6-9-24(20-23)37-30(42)28(38-29(41)26-13-19-36-40(26)3)27(22-10-11-22)25-12-18-35-39(25)2/h6,8-9,12-13,18-20,22,27-28H,4-5,7,10-11,14-17,21H2,1-3H3,(H,34,43)(H,37,42)(H,38,41)/t27?,28-/m0/s1. The quantitative estimate of drug-likeness (QED) is 0.311. The predicted molar refractivity (Wildman–Crippen MR) is 163 cm³/mol. The third kappa shape index (κ3) is 5.84. The van der Waals surface area contributed by atoms with Crippen LogP contribution in [0.2, 0.25) is 0 Å². The maximum atomic E-state index is 14.1. The second-order valence-electron chi connectivity index (χ2n) is 13.2. The number of nitrogens with one attached hydrogen (secondary N) is 3. The number of aromatic nitrogens is 4. The van der Waals surface area contributed by atoms with Crippen molar-refractivity contribution in [1.82, 2.24) is 30.2 Å². The lowest BCUT2D eigenvalue weighted by Crippen LogP contribution is -2.49. The maximum absolute atomic E-state index is 14.1. The Hall–Kier alpha value is -3.95. The summed E-state index contributed by atoms with van der Waals surface area (Å²) in [5.41, 5.74) is 2.44. The summed E-state index contributed by atoms with van der Waals surface area (Å²) in [7, 11) is 3.57. The van der Waals surface area contributed by atoms with Gasteiger partial charge in [0.1, 0.15) is 11.7 Å². The summed E-state index contributed by atoms with van der Waals surface area (Å²) in [6.07, 6.45) is 12.4. The fourth-order valence-corrected chi connectivity index (χ4v) is 7.14. The van der Waals surface area contributed by atoms with Crippen molar-refractivity contribution >= 4 is 23.4 Å². The van der Waals surface area contributed by atoms with Gasteiger partial charge in [-0.15, -0.1) is 0 Å². The van der Waals surface area contributed by atoms with Crippen molar-refractivity contribution in [3.05, 3.63) is 65.7 Å². The van der Waals surface area contributed by atoms with E-state index in [4.69, 9.17) is 0 Å². The number of anilines is 1. The molecule has 10 nitrogen and oxygen atoms in total. The molecule has 2 aromatic heterocycles. The summed E-state index contributed by atoms with van der Waals surface area (Å²) in [5.74, 6) is -0.551. The number of amides is 3. The Morgan fingerprint density at radius 1 is 0.953 bits per heavy atom. The molecule has 3 aliphatic rings. The molecule has 0 saturated heterocycles. The summed E-state index contributed by atoms with van der Waals surface area (Å²) in [6.45, 7) is 2.96. The lowest BCUT2D eigenvalue weighted by molar-refractivity contribution is -0.127.